The Labute approximate surface area is 103 Å². The van der Waals surface area contributed by atoms with Crippen molar-refractivity contribution in [1.29, 1.82) is 0 Å². The van der Waals surface area contributed by atoms with Crippen molar-refractivity contribution < 1.29 is 5.11 Å². The Balaban J connectivity index is 2.14. The van der Waals surface area contributed by atoms with Crippen LogP contribution in [-0.2, 0) is 6.42 Å². The second-order valence-corrected chi connectivity index (χ2v) is 4.71. The van der Waals surface area contributed by atoms with Gasteiger partial charge in [0, 0.05) is 31.4 Å². The van der Waals surface area contributed by atoms with Crippen LogP contribution in [0.15, 0.2) is 18.2 Å². The van der Waals surface area contributed by atoms with Crippen molar-refractivity contribution in [3.8, 4) is 0 Å². The lowest BCUT2D eigenvalue weighted by molar-refractivity contribution is 0.290. The molecule has 0 aliphatic carbocycles. The van der Waals surface area contributed by atoms with Gasteiger partial charge in [-0.1, -0.05) is 12.1 Å². The molecule has 0 radical (unpaired) electrons. The zero-order chi connectivity index (χ0) is 12.3. The monoisotopic (exact) mass is 234 g/mol. The average Bonchev–Trinajstić information content (AvgIpc) is 2.77. The van der Waals surface area contributed by atoms with Gasteiger partial charge in [0.2, 0.25) is 0 Å². The van der Waals surface area contributed by atoms with Gasteiger partial charge in [-0.25, -0.2) is 0 Å². The summed E-state index contributed by atoms with van der Waals surface area (Å²) >= 11 is 0. The van der Waals surface area contributed by atoms with Gasteiger partial charge in [0.1, 0.15) is 0 Å². The first-order valence-electron chi connectivity index (χ1n) is 6.42. The lowest BCUT2D eigenvalue weighted by atomic mass is 10.0. The van der Waals surface area contributed by atoms with Crippen LogP contribution < -0.4 is 10.2 Å². The third-order valence-electron chi connectivity index (χ3n) is 3.61. The van der Waals surface area contributed by atoms with Crippen molar-refractivity contribution in [2.75, 3.05) is 31.6 Å². The van der Waals surface area contributed by atoms with Crippen LogP contribution in [0.2, 0.25) is 0 Å². The molecular weight excluding hydrogens is 212 g/mol. The van der Waals surface area contributed by atoms with Crippen LogP contribution in [0.5, 0.6) is 0 Å². The average molecular weight is 234 g/mol. The molecule has 17 heavy (non-hydrogen) atoms. The maximum absolute atomic E-state index is 8.89. The molecule has 1 unspecified atom stereocenters. The second kappa shape index (κ2) is 5.52. The quantitative estimate of drug-likeness (QED) is 0.814. The van der Waals surface area contributed by atoms with Gasteiger partial charge in [0.05, 0.1) is 0 Å². The van der Waals surface area contributed by atoms with Crippen molar-refractivity contribution in [1.82, 2.24) is 5.32 Å². The van der Waals surface area contributed by atoms with Crippen LogP contribution in [0, 0.1) is 0 Å². The Morgan fingerprint density at radius 3 is 3.00 bits per heavy atom. The fraction of sp³-hybridized carbons (Fsp3) is 0.571. The van der Waals surface area contributed by atoms with E-state index in [-0.39, 0.29) is 6.61 Å². The Kier molecular flexibility index (Phi) is 4.02. The number of benzene rings is 1. The van der Waals surface area contributed by atoms with E-state index in [1.54, 1.807) is 0 Å². The summed E-state index contributed by atoms with van der Waals surface area (Å²) in [5.41, 5.74) is 4.16. The number of aliphatic hydroxyl groups excluding tert-OH is 1. The standard InChI is InChI=1S/C14H22N2O/c1-11(15-2)12-4-5-14-13(10-12)6-8-16(14)7-3-9-17/h4-5,10-11,15,17H,3,6-9H2,1-2H3. The lowest BCUT2D eigenvalue weighted by Gasteiger charge is -2.19. The van der Waals surface area contributed by atoms with E-state index in [9.17, 15) is 0 Å². The van der Waals surface area contributed by atoms with E-state index in [4.69, 9.17) is 5.11 Å². The minimum absolute atomic E-state index is 0.278. The largest absolute Gasteiger partial charge is 0.396 e. The zero-order valence-corrected chi connectivity index (χ0v) is 10.7. The van der Waals surface area contributed by atoms with Crippen molar-refractivity contribution in [3.05, 3.63) is 29.3 Å². The van der Waals surface area contributed by atoms with Gasteiger partial charge in [-0.2, -0.15) is 0 Å². The summed E-state index contributed by atoms with van der Waals surface area (Å²) in [5, 5.41) is 12.2. The number of nitrogens with zero attached hydrogens (tertiary/aromatic N) is 1. The molecule has 0 aromatic heterocycles. The van der Waals surface area contributed by atoms with Crippen molar-refractivity contribution in [2.45, 2.75) is 25.8 Å². The normalized spacial score (nSPS) is 16.1. The van der Waals surface area contributed by atoms with Gasteiger partial charge in [-0.15, -0.1) is 0 Å². The van der Waals surface area contributed by atoms with Crippen LogP contribution in [-0.4, -0.2) is 31.9 Å². The summed E-state index contributed by atoms with van der Waals surface area (Å²) in [5.74, 6) is 0. The molecule has 1 atom stereocenters. The van der Waals surface area contributed by atoms with Crippen LogP contribution >= 0.6 is 0 Å². The SMILES string of the molecule is CNC(C)c1ccc2c(c1)CCN2CCCO. The molecule has 1 aliphatic heterocycles. The number of hydrogen-bond acceptors (Lipinski definition) is 3. The van der Waals surface area contributed by atoms with E-state index in [2.05, 4.69) is 35.3 Å². The molecule has 1 aromatic carbocycles. The molecule has 94 valence electrons. The first-order chi connectivity index (χ1) is 8.26. The second-order valence-electron chi connectivity index (χ2n) is 4.71. The van der Waals surface area contributed by atoms with E-state index in [0.29, 0.717) is 6.04 Å². The minimum atomic E-state index is 0.278. The molecule has 0 saturated heterocycles. The maximum Gasteiger partial charge on any atom is 0.0447 e. The van der Waals surface area contributed by atoms with Crippen LogP contribution in [0.3, 0.4) is 0 Å². The molecule has 2 N–H and O–H groups in total. The van der Waals surface area contributed by atoms with Gasteiger partial charge < -0.3 is 15.3 Å². The molecule has 3 nitrogen and oxygen atoms in total. The third-order valence-corrected chi connectivity index (χ3v) is 3.61. The summed E-state index contributed by atoms with van der Waals surface area (Å²) in [7, 11) is 1.99. The van der Waals surface area contributed by atoms with Gasteiger partial charge in [-0.3, -0.25) is 0 Å². The Bertz CT molecular complexity index is 378. The first kappa shape index (κ1) is 12.4. The molecule has 1 aliphatic rings. The van der Waals surface area contributed by atoms with Crippen LogP contribution in [0.1, 0.15) is 30.5 Å². The summed E-state index contributed by atoms with van der Waals surface area (Å²) in [6, 6.07) is 7.15. The van der Waals surface area contributed by atoms with Crippen molar-refractivity contribution in [3.63, 3.8) is 0 Å². The smallest absolute Gasteiger partial charge is 0.0447 e. The molecule has 0 saturated carbocycles. The fourth-order valence-electron chi connectivity index (χ4n) is 2.42. The van der Waals surface area contributed by atoms with Crippen LogP contribution in [0.25, 0.3) is 0 Å². The van der Waals surface area contributed by atoms with E-state index in [1.165, 1.54) is 16.8 Å². The molecule has 0 spiro atoms. The number of anilines is 1. The van der Waals surface area contributed by atoms with E-state index >= 15 is 0 Å². The molecule has 2 rings (SSSR count). The molecule has 0 bridgehead atoms. The van der Waals surface area contributed by atoms with Gasteiger partial charge in [0.15, 0.2) is 0 Å². The Morgan fingerprint density at radius 2 is 2.29 bits per heavy atom. The summed E-state index contributed by atoms with van der Waals surface area (Å²) < 4.78 is 0. The molecule has 0 fully saturated rings. The Morgan fingerprint density at radius 1 is 1.47 bits per heavy atom. The number of fused-ring (bicyclic) bond motifs is 1. The fourth-order valence-corrected chi connectivity index (χ4v) is 2.42. The van der Waals surface area contributed by atoms with Gasteiger partial charge in [-0.05, 0) is 44.0 Å². The molecular formula is C14H22N2O. The highest BCUT2D eigenvalue weighted by atomic mass is 16.3. The Hall–Kier alpha value is -1.06. The summed E-state index contributed by atoms with van der Waals surface area (Å²) in [4.78, 5) is 2.37. The minimum Gasteiger partial charge on any atom is -0.396 e. The topological polar surface area (TPSA) is 35.5 Å². The summed E-state index contributed by atoms with van der Waals surface area (Å²) in [6.45, 7) is 4.51. The number of aliphatic hydroxyl groups is 1. The predicted molar refractivity (Wildman–Crippen MR) is 71.5 cm³/mol. The highest BCUT2D eigenvalue weighted by molar-refractivity contribution is 5.59. The molecule has 3 heteroatoms. The number of hydrogen-bond donors (Lipinski definition) is 2. The first-order valence-corrected chi connectivity index (χ1v) is 6.42. The maximum atomic E-state index is 8.89. The van der Waals surface area contributed by atoms with E-state index in [1.807, 2.05) is 7.05 Å². The molecule has 1 aromatic rings. The van der Waals surface area contributed by atoms with Gasteiger partial charge in [0.25, 0.3) is 0 Å². The number of nitrogens with one attached hydrogen (secondary N) is 1. The van der Waals surface area contributed by atoms with Crippen molar-refractivity contribution in [2.24, 2.45) is 0 Å². The van der Waals surface area contributed by atoms with Gasteiger partial charge >= 0.3 is 0 Å². The highest BCUT2D eigenvalue weighted by Crippen LogP contribution is 2.30. The predicted octanol–water partition coefficient (Wildman–Crippen LogP) is 1.71. The molecule has 1 heterocycles. The van der Waals surface area contributed by atoms with E-state index in [0.717, 1.165) is 25.9 Å². The summed E-state index contributed by atoms with van der Waals surface area (Å²) in [6.07, 6.45) is 1.99. The van der Waals surface area contributed by atoms with E-state index < -0.39 is 0 Å². The molecule has 0 amide bonds. The lowest BCUT2D eigenvalue weighted by Crippen LogP contribution is -2.22. The zero-order valence-electron chi connectivity index (χ0n) is 10.7. The number of rotatable bonds is 5. The van der Waals surface area contributed by atoms with Crippen molar-refractivity contribution >= 4 is 5.69 Å². The third kappa shape index (κ3) is 2.61. The highest BCUT2D eigenvalue weighted by Gasteiger charge is 2.19. The van der Waals surface area contributed by atoms with Crippen LogP contribution in [0.4, 0.5) is 5.69 Å².